The van der Waals surface area contributed by atoms with E-state index in [-0.39, 0.29) is 11.8 Å². The lowest BCUT2D eigenvalue weighted by Crippen LogP contribution is -2.51. The highest BCUT2D eigenvalue weighted by atomic mass is 32.1. The number of amides is 2. The molecule has 2 N–H and O–H groups in total. The summed E-state index contributed by atoms with van der Waals surface area (Å²) in [5.74, 6) is 0.269. The zero-order valence-electron chi connectivity index (χ0n) is 15.4. The van der Waals surface area contributed by atoms with Gasteiger partial charge in [-0.2, -0.15) is 0 Å². The Morgan fingerprint density at radius 3 is 2.77 bits per heavy atom. The third kappa shape index (κ3) is 4.46. The number of urea groups is 1. The molecule has 140 valence electrons. The number of aromatic nitrogens is 1. The van der Waals surface area contributed by atoms with Crippen molar-refractivity contribution in [2.24, 2.45) is 0 Å². The van der Waals surface area contributed by atoms with Crippen LogP contribution in [0.1, 0.15) is 28.9 Å². The third-order valence-electron chi connectivity index (χ3n) is 4.56. The molecule has 1 aliphatic heterocycles. The van der Waals surface area contributed by atoms with Crippen molar-refractivity contribution in [1.29, 1.82) is 0 Å². The van der Waals surface area contributed by atoms with Crippen molar-refractivity contribution in [3.63, 3.8) is 0 Å². The van der Waals surface area contributed by atoms with Crippen LogP contribution in [0.2, 0.25) is 0 Å². The van der Waals surface area contributed by atoms with Crippen LogP contribution in [-0.2, 0) is 13.0 Å². The maximum Gasteiger partial charge on any atom is 0.317 e. The van der Waals surface area contributed by atoms with Crippen molar-refractivity contribution in [2.75, 3.05) is 31.1 Å². The highest BCUT2D eigenvalue weighted by molar-refractivity contribution is 7.11. The Hall–Kier alpha value is -2.28. The number of aryl methyl sites for hydroxylation is 2. The first kappa shape index (κ1) is 18.5. The third-order valence-corrected chi connectivity index (χ3v) is 5.78. The summed E-state index contributed by atoms with van der Waals surface area (Å²) < 4.78 is 0. The zero-order chi connectivity index (χ0) is 18.5. The number of nitrogens with zero attached hydrogens (tertiary/aromatic N) is 3. The van der Waals surface area contributed by atoms with E-state index in [4.69, 9.17) is 0 Å². The molecule has 6 nitrogen and oxygen atoms in total. The molecule has 1 aliphatic rings. The van der Waals surface area contributed by atoms with E-state index in [2.05, 4.69) is 22.1 Å². The molecule has 2 aromatic rings. The van der Waals surface area contributed by atoms with E-state index in [1.54, 1.807) is 23.5 Å². The number of aromatic hydroxyl groups is 1. The van der Waals surface area contributed by atoms with Gasteiger partial charge in [0.2, 0.25) is 0 Å². The minimum Gasteiger partial charge on any atom is -0.508 e. The van der Waals surface area contributed by atoms with Crippen LogP contribution in [0.5, 0.6) is 5.75 Å². The number of nitrogens with one attached hydrogen (secondary N) is 1. The van der Waals surface area contributed by atoms with Crippen LogP contribution < -0.4 is 10.2 Å². The smallest absolute Gasteiger partial charge is 0.317 e. The van der Waals surface area contributed by atoms with Crippen LogP contribution in [0.25, 0.3) is 0 Å². The molecule has 1 fully saturated rings. The SMILES string of the molecule is CCCc1nc(C)c(CNC(=O)N2CCN(c3cccc(O)c3)CC2)s1. The first-order chi connectivity index (χ1) is 12.6. The van der Waals surface area contributed by atoms with Crippen LogP contribution in [-0.4, -0.2) is 47.2 Å². The summed E-state index contributed by atoms with van der Waals surface area (Å²) in [6, 6.07) is 7.23. The molecule has 1 aromatic carbocycles. The molecule has 0 unspecified atom stereocenters. The van der Waals surface area contributed by atoms with E-state index in [1.165, 1.54) is 0 Å². The van der Waals surface area contributed by atoms with Gasteiger partial charge in [-0.05, 0) is 31.9 Å². The van der Waals surface area contributed by atoms with Gasteiger partial charge in [0.1, 0.15) is 5.75 Å². The minimum absolute atomic E-state index is 0.0228. The molecule has 0 bridgehead atoms. The molecular weight excluding hydrogens is 348 g/mol. The quantitative estimate of drug-likeness (QED) is 0.844. The van der Waals surface area contributed by atoms with Gasteiger partial charge in [-0.1, -0.05) is 13.0 Å². The number of carbonyl (C=O) groups excluding carboxylic acids is 1. The van der Waals surface area contributed by atoms with Gasteiger partial charge in [-0.3, -0.25) is 0 Å². The highest BCUT2D eigenvalue weighted by Gasteiger charge is 2.21. The molecule has 0 spiro atoms. The molecule has 0 aliphatic carbocycles. The topological polar surface area (TPSA) is 68.7 Å². The second-order valence-corrected chi connectivity index (χ2v) is 7.69. The number of rotatable bonds is 5. The summed E-state index contributed by atoms with van der Waals surface area (Å²) in [7, 11) is 0. The van der Waals surface area contributed by atoms with Crippen molar-refractivity contribution in [1.82, 2.24) is 15.2 Å². The molecule has 3 rings (SSSR count). The van der Waals surface area contributed by atoms with Crippen molar-refractivity contribution < 1.29 is 9.90 Å². The Bertz CT molecular complexity index is 754. The number of carbonyl (C=O) groups is 1. The number of benzene rings is 1. The number of anilines is 1. The van der Waals surface area contributed by atoms with E-state index < -0.39 is 0 Å². The first-order valence-electron chi connectivity index (χ1n) is 9.08. The fourth-order valence-corrected chi connectivity index (χ4v) is 4.21. The fourth-order valence-electron chi connectivity index (χ4n) is 3.10. The standard InChI is InChI=1S/C19H26N4O2S/c1-3-5-18-21-14(2)17(26-18)13-20-19(25)23-10-8-22(9-11-23)15-6-4-7-16(24)12-15/h4,6-7,12,24H,3,5,8-11,13H2,1-2H3,(H,20,25). The number of thiazole rings is 1. The van der Waals surface area contributed by atoms with Crippen LogP contribution in [0.15, 0.2) is 24.3 Å². The zero-order valence-corrected chi connectivity index (χ0v) is 16.2. The predicted octanol–water partition coefficient (Wildman–Crippen LogP) is 3.14. The normalized spacial score (nSPS) is 14.5. The number of phenols is 1. The Labute approximate surface area is 158 Å². The van der Waals surface area contributed by atoms with Crippen LogP contribution in [0, 0.1) is 6.92 Å². The minimum atomic E-state index is -0.0228. The number of piperazine rings is 1. The monoisotopic (exact) mass is 374 g/mol. The summed E-state index contributed by atoms with van der Waals surface area (Å²) in [6.45, 7) is 7.56. The maximum absolute atomic E-state index is 12.5. The van der Waals surface area contributed by atoms with Crippen molar-refractivity contribution in [3.8, 4) is 5.75 Å². The Kier molecular flexibility index (Phi) is 5.98. The molecule has 2 heterocycles. The number of phenolic OH excluding ortho intramolecular Hbond substituents is 1. The van der Waals surface area contributed by atoms with Crippen molar-refractivity contribution in [3.05, 3.63) is 39.8 Å². The molecule has 7 heteroatoms. The summed E-state index contributed by atoms with van der Waals surface area (Å²) >= 11 is 1.70. The van der Waals surface area contributed by atoms with Crippen molar-refractivity contribution in [2.45, 2.75) is 33.2 Å². The lowest BCUT2D eigenvalue weighted by molar-refractivity contribution is 0.194. The van der Waals surface area contributed by atoms with Gasteiger partial charge in [0.25, 0.3) is 0 Å². The molecule has 26 heavy (non-hydrogen) atoms. The molecule has 0 atom stereocenters. The molecular formula is C19H26N4O2S. The van der Waals surface area contributed by atoms with Crippen LogP contribution >= 0.6 is 11.3 Å². The van der Waals surface area contributed by atoms with E-state index in [1.807, 2.05) is 24.0 Å². The second-order valence-electron chi connectivity index (χ2n) is 6.52. The van der Waals surface area contributed by atoms with Gasteiger partial charge < -0.3 is 20.2 Å². The summed E-state index contributed by atoms with van der Waals surface area (Å²) in [6.07, 6.45) is 2.08. The molecule has 0 saturated carbocycles. The largest absolute Gasteiger partial charge is 0.508 e. The lowest BCUT2D eigenvalue weighted by atomic mass is 10.2. The summed E-state index contributed by atoms with van der Waals surface area (Å²) in [5.41, 5.74) is 2.02. The van der Waals surface area contributed by atoms with Crippen molar-refractivity contribution >= 4 is 23.1 Å². The Morgan fingerprint density at radius 1 is 1.31 bits per heavy atom. The fraction of sp³-hybridized carbons (Fsp3) is 0.474. The van der Waals surface area contributed by atoms with E-state index >= 15 is 0 Å². The van der Waals surface area contributed by atoms with Gasteiger partial charge in [0.05, 0.1) is 17.2 Å². The highest BCUT2D eigenvalue weighted by Crippen LogP contribution is 2.22. The second kappa shape index (κ2) is 8.40. The summed E-state index contributed by atoms with van der Waals surface area (Å²) in [4.78, 5) is 22.2. The molecule has 1 saturated heterocycles. The van der Waals surface area contributed by atoms with E-state index in [0.717, 1.165) is 47.2 Å². The first-order valence-corrected chi connectivity index (χ1v) is 9.90. The Morgan fingerprint density at radius 2 is 2.08 bits per heavy atom. The average molecular weight is 375 g/mol. The van der Waals surface area contributed by atoms with E-state index in [9.17, 15) is 9.90 Å². The van der Waals surface area contributed by atoms with Gasteiger partial charge in [0, 0.05) is 42.8 Å². The number of hydrogen-bond acceptors (Lipinski definition) is 5. The number of hydrogen-bond donors (Lipinski definition) is 2. The van der Waals surface area contributed by atoms with Gasteiger partial charge in [-0.25, -0.2) is 9.78 Å². The molecule has 2 amide bonds. The average Bonchev–Trinajstić information content (AvgIpc) is 2.99. The Balaban J connectivity index is 1.49. The van der Waals surface area contributed by atoms with Gasteiger partial charge >= 0.3 is 6.03 Å². The van der Waals surface area contributed by atoms with E-state index in [0.29, 0.717) is 19.6 Å². The van der Waals surface area contributed by atoms with Gasteiger partial charge in [0.15, 0.2) is 0 Å². The lowest BCUT2D eigenvalue weighted by Gasteiger charge is -2.36. The van der Waals surface area contributed by atoms with Crippen LogP contribution in [0.4, 0.5) is 10.5 Å². The van der Waals surface area contributed by atoms with Gasteiger partial charge in [-0.15, -0.1) is 11.3 Å². The predicted molar refractivity (Wildman–Crippen MR) is 105 cm³/mol. The van der Waals surface area contributed by atoms with Crippen LogP contribution in [0.3, 0.4) is 0 Å². The molecule has 1 aromatic heterocycles. The summed E-state index contributed by atoms with van der Waals surface area (Å²) in [5, 5.41) is 13.8. The molecule has 0 radical (unpaired) electrons. The maximum atomic E-state index is 12.5.